The number of hydrogen-bond acceptors (Lipinski definition) is 5. The Bertz CT molecular complexity index is 1410. The molecule has 2 aromatic heterocycles. The normalized spacial score (nSPS) is 15.7. The molecule has 4 rings (SSSR count). The van der Waals surface area contributed by atoms with Gasteiger partial charge in [-0.3, -0.25) is 14.5 Å². The van der Waals surface area contributed by atoms with Crippen molar-refractivity contribution in [2.24, 2.45) is 0 Å². The Morgan fingerprint density at radius 2 is 2.00 bits per heavy atom. The molecule has 0 fully saturated rings. The van der Waals surface area contributed by atoms with Gasteiger partial charge in [-0.2, -0.15) is 0 Å². The first-order chi connectivity index (χ1) is 19.7. The smallest absolute Gasteiger partial charge is 0.300 e. The van der Waals surface area contributed by atoms with E-state index in [0.717, 1.165) is 53.4 Å². The fourth-order valence-corrected chi connectivity index (χ4v) is 4.16. The minimum atomic E-state index is -0.833. The fourth-order valence-electron chi connectivity index (χ4n) is 3.96. The standard InChI is InChI=1S/C28H28ClN5O.C2H4O2.C2H6/c1-4-6-10-23(5-2)34(19(3)35)28-25(12-8-17-30-28)31-22-15-13-20(14-16-22)27-32-24-11-7-9-21(29)18-26(24)33-27;1-2(3)4;1-2/h4-8,10-13,15-18,20,31H,2,9,14H2,1,3H3,(H,32,33);1H3,(H,3,4);1-2H3/b6-4+,23-10+;;. The Hall–Kier alpha value is -4.43. The highest BCUT2D eigenvalue weighted by Gasteiger charge is 2.21. The summed E-state index contributed by atoms with van der Waals surface area (Å²) in [7, 11) is 0. The SMILES string of the molecule is C=C/C(=C\C=C\C)N(C(C)=O)c1ncccc1NC1=CCC(c2nc3c([nH]2)C=C(Cl)CC=C3)C=C1.CC.CC(=O)O. The Labute approximate surface area is 247 Å². The molecule has 2 aliphatic rings. The van der Waals surface area contributed by atoms with Gasteiger partial charge in [-0.15, -0.1) is 0 Å². The van der Waals surface area contributed by atoms with Crippen LogP contribution in [-0.2, 0) is 9.59 Å². The van der Waals surface area contributed by atoms with Gasteiger partial charge in [0, 0.05) is 48.8 Å². The maximum Gasteiger partial charge on any atom is 0.300 e. The largest absolute Gasteiger partial charge is 0.481 e. The number of anilines is 2. The van der Waals surface area contributed by atoms with Gasteiger partial charge in [0.25, 0.3) is 5.97 Å². The lowest BCUT2D eigenvalue weighted by molar-refractivity contribution is -0.134. The second kappa shape index (κ2) is 16.6. The molecule has 2 heterocycles. The Balaban J connectivity index is 0.000000902. The van der Waals surface area contributed by atoms with Crippen molar-refractivity contribution in [1.82, 2.24) is 15.0 Å². The molecule has 1 atom stereocenters. The number of hydrogen-bond donors (Lipinski definition) is 3. The molecule has 3 N–H and O–H groups in total. The molecule has 0 bridgehead atoms. The molecule has 41 heavy (non-hydrogen) atoms. The second-order valence-electron chi connectivity index (χ2n) is 8.67. The van der Waals surface area contributed by atoms with E-state index >= 15 is 0 Å². The quantitative estimate of drug-likeness (QED) is 0.289. The third kappa shape index (κ3) is 9.61. The topological polar surface area (TPSA) is 111 Å². The molecular formula is C32H38ClN5O3. The number of fused-ring (bicyclic) bond motifs is 1. The van der Waals surface area contributed by atoms with Gasteiger partial charge >= 0.3 is 0 Å². The van der Waals surface area contributed by atoms with E-state index in [9.17, 15) is 4.79 Å². The summed E-state index contributed by atoms with van der Waals surface area (Å²) in [5.41, 5.74) is 4.14. The van der Waals surface area contributed by atoms with Gasteiger partial charge in [-0.1, -0.05) is 62.4 Å². The van der Waals surface area contributed by atoms with Crippen molar-refractivity contribution in [2.75, 3.05) is 10.2 Å². The minimum absolute atomic E-state index is 0.131. The molecule has 2 aromatic rings. The molecule has 0 radical (unpaired) electrons. The van der Waals surface area contributed by atoms with Crippen molar-refractivity contribution in [3.63, 3.8) is 0 Å². The van der Waals surface area contributed by atoms with Crippen LogP contribution in [0.5, 0.6) is 0 Å². The predicted molar refractivity (Wildman–Crippen MR) is 169 cm³/mol. The van der Waals surface area contributed by atoms with Crippen molar-refractivity contribution in [2.45, 2.75) is 53.4 Å². The number of carbonyl (C=O) groups is 2. The van der Waals surface area contributed by atoms with Crippen LogP contribution in [-0.4, -0.2) is 31.9 Å². The Morgan fingerprint density at radius 3 is 2.61 bits per heavy atom. The monoisotopic (exact) mass is 575 g/mol. The lowest BCUT2D eigenvalue weighted by Crippen LogP contribution is -2.28. The molecule has 0 saturated heterocycles. The zero-order valence-electron chi connectivity index (χ0n) is 24.2. The molecule has 0 aliphatic heterocycles. The van der Waals surface area contributed by atoms with Crippen molar-refractivity contribution in [3.05, 3.63) is 107 Å². The number of amides is 1. The van der Waals surface area contributed by atoms with Crippen LogP contribution in [0.2, 0.25) is 0 Å². The number of aromatic nitrogens is 3. The van der Waals surface area contributed by atoms with Crippen molar-refractivity contribution >= 4 is 47.1 Å². The number of nitrogens with one attached hydrogen (secondary N) is 2. The highest BCUT2D eigenvalue weighted by molar-refractivity contribution is 6.31. The van der Waals surface area contributed by atoms with Crippen LogP contribution in [0.25, 0.3) is 12.2 Å². The van der Waals surface area contributed by atoms with Gasteiger partial charge in [-0.25, -0.2) is 9.97 Å². The number of carboxylic acids is 1. The molecule has 216 valence electrons. The number of nitrogens with zero attached hydrogens (tertiary/aromatic N) is 3. The summed E-state index contributed by atoms with van der Waals surface area (Å²) in [4.78, 5) is 35.8. The van der Waals surface area contributed by atoms with Gasteiger partial charge < -0.3 is 15.4 Å². The van der Waals surface area contributed by atoms with E-state index in [4.69, 9.17) is 26.5 Å². The van der Waals surface area contributed by atoms with Crippen LogP contribution in [0, 0.1) is 0 Å². The lowest BCUT2D eigenvalue weighted by Gasteiger charge is -2.24. The van der Waals surface area contributed by atoms with Crippen LogP contribution >= 0.6 is 11.6 Å². The molecule has 1 unspecified atom stereocenters. The van der Waals surface area contributed by atoms with Crippen molar-refractivity contribution in [3.8, 4) is 0 Å². The van der Waals surface area contributed by atoms with Gasteiger partial charge in [0.2, 0.25) is 5.91 Å². The summed E-state index contributed by atoms with van der Waals surface area (Å²) in [5.74, 6) is 0.559. The zero-order chi connectivity index (χ0) is 30.4. The summed E-state index contributed by atoms with van der Waals surface area (Å²) in [6.07, 6.45) is 22.6. The third-order valence-electron chi connectivity index (χ3n) is 5.64. The number of pyridine rings is 1. The number of imidazole rings is 1. The van der Waals surface area contributed by atoms with Crippen molar-refractivity contribution in [1.29, 1.82) is 0 Å². The number of carboxylic acid groups (broad SMARTS) is 1. The Kier molecular flexibility index (Phi) is 13.3. The zero-order valence-corrected chi connectivity index (χ0v) is 24.9. The maximum absolute atomic E-state index is 12.6. The molecular weight excluding hydrogens is 538 g/mol. The molecule has 2 aliphatic carbocycles. The first-order valence-electron chi connectivity index (χ1n) is 13.4. The number of rotatable bonds is 7. The molecule has 8 nitrogen and oxygen atoms in total. The van der Waals surface area contributed by atoms with E-state index < -0.39 is 5.97 Å². The molecule has 0 aromatic carbocycles. The van der Waals surface area contributed by atoms with E-state index in [-0.39, 0.29) is 11.8 Å². The second-order valence-corrected chi connectivity index (χ2v) is 9.16. The van der Waals surface area contributed by atoms with Crippen LogP contribution in [0.15, 0.2) is 89.9 Å². The van der Waals surface area contributed by atoms with Gasteiger partial charge in [0.05, 0.1) is 17.1 Å². The average molecular weight is 576 g/mol. The first kappa shape index (κ1) is 32.8. The lowest BCUT2D eigenvalue weighted by atomic mass is 9.98. The van der Waals surface area contributed by atoms with E-state index in [0.29, 0.717) is 11.5 Å². The minimum Gasteiger partial charge on any atom is -0.481 e. The summed E-state index contributed by atoms with van der Waals surface area (Å²) < 4.78 is 0. The average Bonchev–Trinajstić information content (AvgIpc) is 3.26. The van der Waals surface area contributed by atoms with Crippen LogP contribution in [0.4, 0.5) is 11.5 Å². The van der Waals surface area contributed by atoms with Crippen LogP contribution in [0.1, 0.15) is 70.6 Å². The van der Waals surface area contributed by atoms with Gasteiger partial charge in [0.15, 0.2) is 5.82 Å². The Morgan fingerprint density at radius 1 is 1.27 bits per heavy atom. The number of aliphatic carboxylic acids is 1. The summed E-state index contributed by atoms with van der Waals surface area (Å²) in [6.45, 7) is 12.4. The number of H-pyrrole nitrogens is 1. The number of aromatic amines is 1. The highest BCUT2D eigenvalue weighted by Crippen LogP contribution is 2.32. The number of allylic oxidation sites excluding steroid dienone is 9. The molecule has 0 spiro atoms. The number of carbonyl (C=O) groups excluding carboxylic acids is 1. The van der Waals surface area contributed by atoms with Gasteiger partial charge in [-0.05, 0) is 55.9 Å². The predicted octanol–water partition coefficient (Wildman–Crippen LogP) is 7.96. The highest BCUT2D eigenvalue weighted by atomic mass is 35.5. The summed E-state index contributed by atoms with van der Waals surface area (Å²) in [5, 5.41) is 11.6. The molecule has 9 heteroatoms. The fraction of sp³-hybridized carbons (Fsp3) is 0.250. The van der Waals surface area contributed by atoms with E-state index in [2.05, 4.69) is 34.0 Å². The maximum atomic E-state index is 12.6. The van der Waals surface area contributed by atoms with Gasteiger partial charge in [0.1, 0.15) is 5.82 Å². The number of halogens is 1. The van der Waals surface area contributed by atoms with E-state index in [1.54, 1.807) is 17.2 Å². The summed E-state index contributed by atoms with van der Waals surface area (Å²) in [6, 6.07) is 3.74. The first-order valence-corrected chi connectivity index (χ1v) is 13.8. The third-order valence-corrected chi connectivity index (χ3v) is 5.90. The van der Waals surface area contributed by atoms with Crippen LogP contribution in [0.3, 0.4) is 0 Å². The van der Waals surface area contributed by atoms with Crippen molar-refractivity contribution < 1.29 is 14.7 Å². The van der Waals surface area contributed by atoms with E-state index in [1.165, 1.54) is 6.92 Å². The van der Waals surface area contributed by atoms with E-state index in [1.807, 2.05) is 75.4 Å². The molecule has 1 amide bonds. The molecule has 0 saturated carbocycles. The summed E-state index contributed by atoms with van der Waals surface area (Å²) >= 11 is 6.24. The van der Waals surface area contributed by atoms with Crippen LogP contribution < -0.4 is 10.2 Å².